The van der Waals surface area contributed by atoms with Gasteiger partial charge in [-0.15, -0.1) is 0 Å². The molecule has 0 aliphatic rings. The van der Waals surface area contributed by atoms with Gasteiger partial charge in [-0.05, 0) is 18.8 Å². The summed E-state index contributed by atoms with van der Waals surface area (Å²) in [7, 11) is 0. The molecule has 0 aliphatic carbocycles. The first-order valence-corrected chi connectivity index (χ1v) is 5.93. The molecule has 0 bridgehead atoms. The van der Waals surface area contributed by atoms with E-state index in [1.165, 1.54) is 0 Å². The van der Waals surface area contributed by atoms with Gasteiger partial charge in [-0.3, -0.25) is 0 Å². The maximum absolute atomic E-state index is 10.7. The molecular weight excluding hydrogens is 248 g/mol. The third-order valence-corrected chi connectivity index (χ3v) is 2.50. The fraction of sp³-hybridized carbons (Fsp3) is 0.462. The first-order chi connectivity index (χ1) is 8.76. The van der Waals surface area contributed by atoms with Gasteiger partial charge in [-0.2, -0.15) is 0 Å². The highest BCUT2D eigenvalue weighted by atomic mass is 16.7. The van der Waals surface area contributed by atoms with E-state index < -0.39 is 6.16 Å². The predicted octanol–water partition coefficient (Wildman–Crippen LogP) is 3.18. The van der Waals surface area contributed by atoms with Crippen LogP contribution in [-0.2, 0) is 6.42 Å². The van der Waals surface area contributed by atoms with Gasteiger partial charge in [-0.1, -0.05) is 25.9 Å². The van der Waals surface area contributed by atoms with Crippen molar-refractivity contribution in [2.75, 3.05) is 0 Å². The molecule has 0 radical (unpaired) electrons. The number of pyridine rings is 1. The molecule has 0 fully saturated rings. The number of aromatic nitrogens is 2. The van der Waals surface area contributed by atoms with Crippen LogP contribution in [0.2, 0.25) is 0 Å². The Bertz CT molecular complexity index is 625. The van der Waals surface area contributed by atoms with Crippen molar-refractivity contribution in [3.63, 3.8) is 0 Å². The van der Waals surface area contributed by atoms with E-state index in [1.54, 1.807) is 13.0 Å². The minimum Gasteiger partial charge on any atom is -0.449 e. The van der Waals surface area contributed by atoms with Crippen LogP contribution in [0.5, 0.6) is 5.75 Å². The molecule has 0 aliphatic heterocycles. The first-order valence-electron chi connectivity index (χ1n) is 5.93. The molecule has 19 heavy (non-hydrogen) atoms. The molecule has 0 spiro atoms. The molecule has 0 saturated carbocycles. The van der Waals surface area contributed by atoms with Gasteiger partial charge >= 0.3 is 6.16 Å². The highest BCUT2D eigenvalue weighted by Crippen LogP contribution is 2.32. The zero-order valence-corrected chi connectivity index (χ0v) is 11.4. The Labute approximate surface area is 110 Å². The summed E-state index contributed by atoms with van der Waals surface area (Å²) in [5, 5.41) is 13.3. The summed E-state index contributed by atoms with van der Waals surface area (Å²) < 4.78 is 9.96. The van der Waals surface area contributed by atoms with Crippen LogP contribution in [0, 0.1) is 12.3 Å². The number of nitrogens with zero attached hydrogens (tertiary/aromatic N) is 2. The molecule has 2 rings (SSSR count). The minimum atomic E-state index is -1.37. The van der Waals surface area contributed by atoms with E-state index in [4.69, 9.17) is 14.4 Å². The molecule has 2 aromatic heterocycles. The summed E-state index contributed by atoms with van der Waals surface area (Å²) >= 11 is 0. The third-order valence-electron chi connectivity index (χ3n) is 2.50. The lowest BCUT2D eigenvalue weighted by atomic mass is 9.90. The smallest absolute Gasteiger partial charge is 0.449 e. The van der Waals surface area contributed by atoms with E-state index in [-0.39, 0.29) is 11.2 Å². The van der Waals surface area contributed by atoms with Gasteiger partial charge in [-0.25, -0.2) is 9.78 Å². The second-order valence-corrected chi connectivity index (χ2v) is 5.68. The number of carbonyl (C=O) groups is 1. The molecule has 1 N–H and O–H groups in total. The number of carboxylic acid groups (broad SMARTS) is 1. The molecule has 0 atom stereocenters. The SMILES string of the molecule is Cc1cc(OC(=O)O)c2c(CC(C)(C)C)noc2n1. The standard InChI is InChI=1S/C13H16N2O4/c1-7-5-9(18-12(16)17)10-8(6-13(2,3)4)15-19-11(10)14-7/h5H,6H2,1-4H3,(H,16,17). The Morgan fingerprint density at radius 2 is 2.16 bits per heavy atom. The number of rotatable bonds is 2. The van der Waals surface area contributed by atoms with Gasteiger partial charge < -0.3 is 14.4 Å². The first kappa shape index (κ1) is 13.3. The van der Waals surface area contributed by atoms with Gasteiger partial charge in [0.25, 0.3) is 5.71 Å². The molecule has 6 nitrogen and oxygen atoms in total. The van der Waals surface area contributed by atoms with Crippen molar-refractivity contribution in [3.05, 3.63) is 17.5 Å². The average molecular weight is 264 g/mol. The Kier molecular flexibility index (Phi) is 3.18. The van der Waals surface area contributed by atoms with Crippen LogP contribution < -0.4 is 4.74 Å². The number of fused-ring (bicyclic) bond motifs is 1. The van der Waals surface area contributed by atoms with E-state index in [0.717, 1.165) is 0 Å². The van der Waals surface area contributed by atoms with E-state index in [1.807, 2.05) is 0 Å². The summed E-state index contributed by atoms with van der Waals surface area (Å²) in [6, 6.07) is 1.57. The van der Waals surface area contributed by atoms with E-state index >= 15 is 0 Å². The number of aryl methyl sites for hydroxylation is 1. The summed E-state index contributed by atoms with van der Waals surface area (Å²) in [4.78, 5) is 14.9. The maximum Gasteiger partial charge on any atom is 0.511 e. The van der Waals surface area contributed by atoms with Crippen molar-refractivity contribution in [1.29, 1.82) is 0 Å². The molecule has 0 saturated heterocycles. The molecule has 102 valence electrons. The third kappa shape index (κ3) is 3.01. The van der Waals surface area contributed by atoms with Crippen LogP contribution >= 0.6 is 0 Å². The Morgan fingerprint density at radius 1 is 1.47 bits per heavy atom. The molecule has 0 amide bonds. The number of ether oxygens (including phenoxy) is 1. The van der Waals surface area contributed by atoms with Gasteiger partial charge in [0.2, 0.25) is 0 Å². The molecule has 0 aromatic carbocycles. The monoisotopic (exact) mass is 264 g/mol. The highest BCUT2D eigenvalue weighted by molar-refractivity contribution is 5.85. The van der Waals surface area contributed by atoms with Crippen molar-refractivity contribution in [2.24, 2.45) is 5.41 Å². The van der Waals surface area contributed by atoms with Gasteiger partial charge in [0, 0.05) is 11.8 Å². The zero-order chi connectivity index (χ0) is 14.2. The fourth-order valence-electron chi connectivity index (χ4n) is 1.89. The van der Waals surface area contributed by atoms with Crippen LogP contribution in [0.25, 0.3) is 11.1 Å². The number of hydrogen-bond donors (Lipinski definition) is 1. The Balaban J connectivity index is 2.58. The lowest BCUT2D eigenvalue weighted by Crippen LogP contribution is -2.10. The fourth-order valence-corrected chi connectivity index (χ4v) is 1.89. The van der Waals surface area contributed by atoms with Crippen molar-refractivity contribution in [1.82, 2.24) is 10.1 Å². The summed E-state index contributed by atoms with van der Waals surface area (Å²) in [6.45, 7) is 7.92. The normalized spacial score (nSPS) is 11.8. The lowest BCUT2D eigenvalue weighted by Gasteiger charge is -2.16. The maximum atomic E-state index is 10.7. The van der Waals surface area contributed by atoms with Crippen molar-refractivity contribution >= 4 is 17.3 Å². The second kappa shape index (κ2) is 4.53. The van der Waals surface area contributed by atoms with Crippen LogP contribution in [0.3, 0.4) is 0 Å². The molecule has 2 heterocycles. The van der Waals surface area contributed by atoms with Crippen molar-refractivity contribution in [3.8, 4) is 5.75 Å². The molecular formula is C13H16N2O4. The topological polar surface area (TPSA) is 85.5 Å². The lowest BCUT2D eigenvalue weighted by molar-refractivity contribution is 0.145. The molecule has 0 unspecified atom stereocenters. The highest BCUT2D eigenvalue weighted by Gasteiger charge is 2.22. The summed E-state index contributed by atoms with van der Waals surface area (Å²) in [5.41, 5.74) is 1.57. The Morgan fingerprint density at radius 3 is 2.74 bits per heavy atom. The zero-order valence-electron chi connectivity index (χ0n) is 11.4. The van der Waals surface area contributed by atoms with Crippen LogP contribution in [0.1, 0.15) is 32.2 Å². The van der Waals surface area contributed by atoms with Crippen molar-refractivity contribution in [2.45, 2.75) is 34.1 Å². The molecule has 6 heteroatoms. The van der Waals surface area contributed by atoms with Gasteiger partial charge in [0.1, 0.15) is 5.39 Å². The van der Waals surface area contributed by atoms with E-state index in [9.17, 15) is 4.79 Å². The molecule has 2 aromatic rings. The quantitative estimate of drug-likeness (QED) is 0.838. The van der Waals surface area contributed by atoms with Crippen LogP contribution in [0.4, 0.5) is 4.79 Å². The van der Waals surface area contributed by atoms with Gasteiger partial charge in [0.15, 0.2) is 5.75 Å². The number of hydrogen-bond acceptors (Lipinski definition) is 5. The summed E-state index contributed by atoms with van der Waals surface area (Å²) in [6.07, 6.45) is -0.726. The van der Waals surface area contributed by atoms with Crippen LogP contribution in [0.15, 0.2) is 10.6 Å². The minimum absolute atomic E-state index is 0.00478. The van der Waals surface area contributed by atoms with Gasteiger partial charge in [0.05, 0.1) is 5.69 Å². The van der Waals surface area contributed by atoms with Crippen LogP contribution in [-0.4, -0.2) is 21.4 Å². The van der Waals surface area contributed by atoms with E-state index in [0.29, 0.717) is 28.9 Å². The summed E-state index contributed by atoms with van der Waals surface area (Å²) in [5.74, 6) is 0.218. The second-order valence-electron chi connectivity index (χ2n) is 5.68. The van der Waals surface area contributed by atoms with E-state index in [2.05, 4.69) is 30.9 Å². The average Bonchev–Trinajstić information content (AvgIpc) is 2.57. The Hall–Kier alpha value is -2.11. The predicted molar refractivity (Wildman–Crippen MR) is 68.4 cm³/mol. The van der Waals surface area contributed by atoms with Crippen molar-refractivity contribution < 1.29 is 19.2 Å². The largest absolute Gasteiger partial charge is 0.511 e.